The third kappa shape index (κ3) is 5.07. The number of hydrogen-bond acceptors (Lipinski definition) is 4. The summed E-state index contributed by atoms with van der Waals surface area (Å²) in [6.07, 6.45) is 6.19. The van der Waals surface area contributed by atoms with Crippen LogP contribution in [0.2, 0.25) is 0 Å². The van der Waals surface area contributed by atoms with Gasteiger partial charge in [0.05, 0.1) is 23.3 Å². The van der Waals surface area contributed by atoms with Gasteiger partial charge in [0.1, 0.15) is 0 Å². The molecule has 0 bridgehead atoms. The number of carbonyl (C=O) groups is 2. The Bertz CT molecular complexity index is 524. The fourth-order valence-corrected chi connectivity index (χ4v) is 5.26. The molecule has 2 rings (SSSR count). The molecule has 6 heteroatoms. The summed E-state index contributed by atoms with van der Waals surface area (Å²) in [5.41, 5.74) is -2.74. The zero-order valence-corrected chi connectivity index (χ0v) is 18.5. The van der Waals surface area contributed by atoms with Crippen LogP contribution in [0, 0.1) is 10.8 Å². The maximum atomic E-state index is 12.8. The molecule has 0 radical (unpaired) electrons. The van der Waals surface area contributed by atoms with E-state index in [1.165, 1.54) is 0 Å². The van der Waals surface area contributed by atoms with Gasteiger partial charge in [-0.15, -0.1) is 0 Å². The Morgan fingerprint density at radius 3 is 1.14 bits per heavy atom. The minimum absolute atomic E-state index is 0.387. The van der Waals surface area contributed by atoms with E-state index in [1.54, 1.807) is 0 Å². The topological polar surface area (TPSA) is 98.7 Å². The minimum Gasteiger partial charge on any atom is -0.388 e. The Labute approximate surface area is 169 Å². The maximum absolute atomic E-state index is 12.8. The Morgan fingerprint density at radius 1 is 0.679 bits per heavy atom. The van der Waals surface area contributed by atoms with Crippen LogP contribution in [0.15, 0.2) is 0 Å². The highest BCUT2D eigenvalue weighted by molar-refractivity contribution is 6.35. The number of rotatable bonds is 4. The van der Waals surface area contributed by atoms with E-state index in [9.17, 15) is 19.8 Å². The predicted molar refractivity (Wildman–Crippen MR) is 110 cm³/mol. The first kappa shape index (κ1) is 23.1. The summed E-state index contributed by atoms with van der Waals surface area (Å²) in [5.74, 6) is -1.48. The van der Waals surface area contributed by atoms with E-state index in [-0.39, 0.29) is 10.8 Å². The van der Waals surface area contributed by atoms with Crippen LogP contribution in [0.1, 0.15) is 92.9 Å². The third-order valence-electron chi connectivity index (χ3n) is 6.50. The molecule has 0 aromatic rings. The molecular formula is C22H40N2O4. The molecule has 28 heavy (non-hydrogen) atoms. The molecule has 0 aliphatic heterocycles. The van der Waals surface area contributed by atoms with Crippen LogP contribution in [-0.2, 0) is 9.59 Å². The molecule has 6 nitrogen and oxygen atoms in total. The summed E-state index contributed by atoms with van der Waals surface area (Å²) >= 11 is 0. The van der Waals surface area contributed by atoms with Gasteiger partial charge in [0.25, 0.3) is 0 Å². The van der Waals surface area contributed by atoms with Crippen molar-refractivity contribution in [1.29, 1.82) is 0 Å². The molecular weight excluding hydrogens is 356 g/mol. The molecule has 0 heterocycles. The van der Waals surface area contributed by atoms with Crippen molar-refractivity contribution in [2.45, 2.75) is 116 Å². The molecule has 2 atom stereocenters. The molecule has 0 aromatic carbocycles. The van der Waals surface area contributed by atoms with Gasteiger partial charge in [0.15, 0.2) is 0 Å². The van der Waals surface area contributed by atoms with E-state index in [2.05, 4.69) is 10.6 Å². The van der Waals surface area contributed by atoms with Gasteiger partial charge in [-0.2, -0.15) is 0 Å². The number of aliphatic hydroxyl groups is 2. The van der Waals surface area contributed by atoms with E-state index in [1.807, 2.05) is 41.5 Å². The molecule has 2 aliphatic carbocycles. The van der Waals surface area contributed by atoms with E-state index < -0.39 is 35.1 Å². The van der Waals surface area contributed by atoms with Crippen molar-refractivity contribution in [3.8, 4) is 0 Å². The summed E-state index contributed by atoms with van der Waals surface area (Å²) < 4.78 is 0. The fraction of sp³-hybridized carbons (Fsp3) is 0.909. The second-order valence-corrected chi connectivity index (χ2v) is 11.2. The highest BCUT2D eigenvalue weighted by Crippen LogP contribution is 2.40. The van der Waals surface area contributed by atoms with Crippen LogP contribution in [0.5, 0.6) is 0 Å². The monoisotopic (exact) mass is 396 g/mol. The number of amides is 2. The normalized spacial score (nSPS) is 23.9. The van der Waals surface area contributed by atoms with Crippen molar-refractivity contribution < 1.29 is 19.8 Å². The molecule has 2 saturated carbocycles. The molecule has 2 fully saturated rings. The predicted octanol–water partition coefficient (Wildman–Crippen LogP) is 2.66. The molecule has 4 N–H and O–H groups in total. The SMILES string of the molecule is CC(C)(C)C(NC(=O)C(=O)NC(C(C)(C)C)C1(O)CCCC1)C1(O)CCCC1. The summed E-state index contributed by atoms with van der Waals surface area (Å²) in [5, 5.41) is 27.7. The van der Waals surface area contributed by atoms with Crippen molar-refractivity contribution >= 4 is 11.8 Å². The first-order valence-electron chi connectivity index (χ1n) is 10.8. The van der Waals surface area contributed by atoms with Gasteiger partial charge in [0.2, 0.25) is 0 Å². The molecule has 0 aromatic heterocycles. The lowest BCUT2D eigenvalue weighted by molar-refractivity contribution is -0.144. The Morgan fingerprint density at radius 2 is 0.929 bits per heavy atom. The Hall–Kier alpha value is -1.14. The lowest BCUT2D eigenvalue weighted by Crippen LogP contribution is -2.63. The number of hydrogen-bond donors (Lipinski definition) is 4. The quantitative estimate of drug-likeness (QED) is 0.549. The molecule has 2 aliphatic rings. The highest BCUT2D eigenvalue weighted by atomic mass is 16.3. The van der Waals surface area contributed by atoms with E-state index in [0.29, 0.717) is 25.7 Å². The zero-order valence-electron chi connectivity index (χ0n) is 18.5. The van der Waals surface area contributed by atoms with Crippen LogP contribution < -0.4 is 10.6 Å². The average molecular weight is 397 g/mol. The molecule has 0 spiro atoms. The van der Waals surface area contributed by atoms with E-state index >= 15 is 0 Å². The summed E-state index contributed by atoms with van der Waals surface area (Å²) in [6, 6.07) is -1.02. The summed E-state index contributed by atoms with van der Waals surface area (Å²) in [7, 11) is 0. The highest BCUT2D eigenvalue weighted by Gasteiger charge is 2.49. The smallest absolute Gasteiger partial charge is 0.309 e. The molecule has 2 amide bonds. The van der Waals surface area contributed by atoms with Crippen molar-refractivity contribution in [2.24, 2.45) is 10.8 Å². The van der Waals surface area contributed by atoms with Gasteiger partial charge >= 0.3 is 11.8 Å². The lowest BCUT2D eigenvalue weighted by Gasteiger charge is -2.43. The standard InChI is InChI=1S/C22H40N2O4/c1-19(2,3)17(21(27)11-7-8-12-21)23-15(25)16(26)24-18(20(4,5)6)22(28)13-9-10-14-22/h17-18,27-28H,7-14H2,1-6H3,(H,23,25)(H,24,26). The number of carbonyl (C=O) groups excluding carboxylic acids is 2. The lowest BCUT2D eigenvalue weighted by atomic mass is 9.74. The summed E-state index contributed by atoms with van der Waals surface area (Å²) in [6.45, 7) is 11.8. The largest absolute Gasteiger partial charge is 0.388 e. The van der Waals surface area contributed by atoms with Crippen LogP contribution in [0.4, 0.5) is 0 Å². The Kier molecular flexibility index (Phi) is 6.56. The van der Waals surface area contributed by atoms with Gasteiger partial charge < -0.3 is 20.8 Å². The number of nitrogens with one attached hydrogen (secondary N) is 2. The van der Waals surface area contributed by atoms with Gasteiger partial charge in [-0.3, -0.25) is 9.59 Å². The van der Waals surface area contributed by atoms with Crippen LogP contribution >= 0.6 is 0 Å². The van der Waals surface area contributed by atoms with Gasteiger partial charge in [0, 0.05) is 0 Å². The van der Waals surface area contributed by atoms with Gasteiger partial charge in [-0.05, 0) is 36.5 Å². The minimum atomic E-state index is -0.985. The van der Waals surface area contributed by atoms with Gasteiger partial charge in [-0.25, -0.2) is 0 Å². The second-order valence-electron chi connectivity index (χ2n) is 11.2. The van der Waals surface area contributed by atoms with E-state index in [4.69, 9.17) is 0 Å². The second kappa shape index (κ2) is 7.94. The summed E-state index contributed by atoms with van der Waals surface area (Å²) in [4.78, 5) is 25.5. The Balaban J connectivity index is 2.14. The van der Waals surface area contributed by atoms with E-state index in [0.717, 1.165) is 25.7 Å². The first-order valence-corrected chi connectivity index (χ1v) is 10.8. The first-order chi connectivity index (χ1) is 12.7. The van der Waals surface area contributed by atoms with Crippen molar-refractivity contribution in [3.63, 3.8) is 0 Å². The third-order valence-corrected chi connectivity index (χ3v) is 6.50. The molecule has 2 unspecified atom stereocenters. The molecule has 0 saturated heterocycles. The molecule has 162 valence electrons. The van der Waals surface area contributed by atoms with Gasteiger partial charge in [-0.1, -0.05) is 67.2 Å². The van der Waals surface area contributed by atoms with Crippen LogP contribution in [0.3, 0.4) is 0 Å². The fourth-order valence-electron chi connectivity index (χ4n) is 5.26. The zero-order chi connectivity index (χ0) is 21.4. The average Bonchev–Trinajstić information content (AvgIpc) is 3.17. The van der Waals surface area contributed by atoms with Crippen LogP contribution in [-0.4, -0.2) is 45.3 Å². The maximum Gasteiger partial charge on any atom is 0.309 e. The van der Waals surface area contributed by atoms with Crippen molar-refractivity contribution in [1.82, 2.24) is 10.6 Å². The van der Waals surface area contributed by atoms with Crippen LogP contribution in [0.25, 0.3) is 0 Å². The van der Waals surface area contributed by atoms with Crippen molar-refractivity contribution in [2.75, 3.05) is 0 Å². The van der Waals surface area contributed by atoms with Crippen molar-refractivity contribution in [3.05, 3.63) is 0 Å².